The monoisotopic (exact) mass is 188 g/mol. The Hall–Kier alpha value is -1.18. The van der Waals surface area contributed by atoms with Crippen molar-refractivity contribution in [3.05, 3.63) is 35.4 Å². The van der Waals surface area contributed by atoms with Crippen molar-refractivity contribution in [1.29, 1.82) is 0 Å². The van der Waals surface area contributed by atoms with E-state index in [0.29, 0.717) is 5.92 Å². The van der Waals surface area contributed by atoms with Crippen molar-refractivity contribution in [3.8, 4) is 0 Å². The maximum absolute atomic E-state index is 4.53. The van der Waals surface area contributed by atoms with Gasteiger partial charge in [0, 0.05) is 12.1 Å². The summed E-state index contributed by atoms with van der Waals surface area (Å²) in [6.07, 6.45) is 10.2. The molecule has 1 aromatic heterocycles. The number of rotatable bonds is 1. The molecule has 0 N–H and O–H groups in total. The van der Waals surface area contributed by atoms with Crippen molar-refractivity contribution in [3.63, 3.8) is 0 Å². The van der Waals surface area contributed by atoms with Crippen molar-refractivity contribution >= 4 is 0 Å². The molecule has 74 valence electrons. The van der Waals surface area contributed by atoms with Gasteiger partial charge in [0.25, 0.3) is 0 Å². The van der Waals surface area contributed by atoms with Gasteiger partial charge in [-0.25, -0.2) is 9.97 Å². The standard InChI is InChI=1S/C12H16N2/c1-9-8-13-10(2)14-12(9)11-6-4-3-5-7-11/h4,6,8,11H,3,5,7H2,1-2H3. The first kappa shape index (κ1) is 9.38. The van der Waals surface area contributed by atoms with Gasteiger partial charge in [0.2, 0.25) is 0 Å². The second kappa shape index (κ2) is 3.91. The number of aromatic nitrogens is 2. The number of aryl methyl sites for hydroxylation is 2. The third kappa shape index (κ3) is 1.84. The Balaban J connectivity index is 2.34. The Morgan fingerprint density at radius 1 is 1.36 bits per heavy atom. The van der Waals surface area contributed by atoms with Crippen molar-refractivity contribution < 1.29 is 0 Å². The zero-order chi connectivity index (χ0) is 9.97. The normalized spacial score (nSPS) is 21.1. The van der Waals surface area contributed by atoms with Crippen LogP contribution in [0.25, 0.3) is 0 Å². The summed E-state index contributed by atoms with van der Waals surface area (Å²) in [4.78, 5) is 8.73. The number of allylic oxidation sites excluding steroid dienone is 2. The van der Waals surface area contributed by atoms with Crippen LogP contribution in [0.4, 0.5) is 0 Å². The Morgan fingerprint density at radius 2 is 2.21 bits per heavy atom. The van der Waals surface area contributed by atoms with Crippen LogP contribution in [0.3, 0.4) is 0 Å². The summed E-state index contributed by atoms with van der Waals surface area (Å²) < 4.78 is 0. The molecular weight excluding hydrogens is 172 g/mol. The molecule has 0 spiro atoms. The van der Waals surface area contributed by atoms with Crippen LogP contribution < -0.4 is 0 Å². The van der Waals surface area contributed by atoms with Crippen LogP contribution in [0.5, 0.6) is 0 Å². The zero-order valence-electron chi connectivity index (χ0n) is 8.83. The highest BCUT2D eigenvalue weighted by Crippen LogP contribution is 2.27. The fourth-order valence-corrected chi connectivity index (χ4v) is 1.96. The fraction of sp³-hybridized carbons (Fsp3) is 0.500. The van der Waals surface area contributed by atoms with E-state index in [0.717, 1.165) is 5.82 Å². The molecule has 0 fully saturated rings. The summed E-state index contributed by atoms with van der Waals surface area (Å²) in [6.45, 7) is 4.05. The average Bonchev–Trinajstić information content (AvgIpc) is 2.23. The van der Waals surface area contributed by atoms with Crippen LogP contribution in [-0.4, -0.2) is 9.97 Å². The molecule has 0 bridgehead atoms. The minimum Gasteiger partial charge on any atom is -0.241 e. The van der Waals surface area contributed by atoms with Crippen molar-refractivity contribution in [2.75, 3.05) is 0 Å². The van der Waals surface area contributed by atoms with Gasteiger partial charge in [0.05, 0.1) is 5.69 Å². The summed E-state index contributed by atoms with van der Waals surface area (Å²) in [6, 6.07) is 0. The lowest BCUT2D eigenvalue weighted by Crippen LogP contribution is -2.06. The van der Waals surface area contributed by atoms with Crippen LogP contribution >= 0.6 is 0 Å². The van der Waals surface area contributed by atoms with Crippen LogP contribution in [0.1, 0.15) is 42.3 Å². The molecule has 2 nitrogen and oxygen atoms in total. The minimum absolute atomic E-state index is 0.519. The topological polar surface area (TPSA) is 25.8 Å². The quantitative estimate of drug-likeness (QED) is 0.633. The van der Waals surface area contributed by atoms with E-state index in [1.807, 2.05) is 13.1 Å². The number of hydrogen-bond donors (Lipinski definition) is 0. The number of hydrogen-bond acceptors (Lipinski definition) is 2. The molecular formula is C12H16N2. The van der Waals surface area contributed by atoms with Gasteiger partial charge in [0.15, 0.2) is 0 Å². The van der Waals surface area contributed by atoms with Gasteiger partial charge < -0.3 is 0 Å². The molecule has 0 saturated carbocycles. The Bertz CT molecular complexity index is 355. The maximum Gasteiger partial charge on any atom is 0.125 e. The predicted octanol–water partition coefficient (Wildman–Crippen LogP) is 2.92. The van der Waals surface area contributed by atoms with E-state index in [4.69, 9.17) is 0 Å². The first-order valence-electron chi connectivity index (χ1n) is 5.24. The highest BCUT2D eigenvalue weighted by Gasteiger charge is 2.14. The highest BCUT2D eigenvalue weighted by atomic mass is 14.9. The molecule has 0 radical (unpaired) electrons. The molecule has 14 heavy (non-hydrogen) atoms. The SMILES string of the molecule is Cc1ncc(C)c(C2C=CCCC2)n1. The van der Waals surface area contributed by atoms with Crippen LogP contribution in [0.2, 0.25) is 0 Å². The Labute approximate surface area is 85.1 Å². The minimum atomic E-state index is 0.519. The molecule has 1 aliphatic carbocycles. The van der Waals surface area contributed by atoms with Gasteiger partial charge in [-0.05, 0) is 38.7 Å². The van der Waals surface area contributed by atoms with E-state index >= 15 is 0 Å². The molecule has 2 rings (SSSR count). The van der Waals surface area contributed by atoms with Gasteiger partial charge in [-0.3, -0.25) is 0 Å². The van der Waals surface area contributed by atoms with Crippen LogP contribution in [0.15, 0.2) is 18.3 Å². The molecule has 1 aromatic rings. The first-order valence-corrected chi connectivity index (χ1v) is 5.24. The number of nitrogens with zero attached hydrogens (tertiary/aromatic N) is 2. The Morgan fingerprint density at radius 3 is 2.93 bits per heavy atom. The van der Waals surface area contributed by atoms with E-state index in [2.05, 4.69) is 29.0 Å². The average molecular weight is 188 g/mol. The zero-order valence-corrected chi connectivity index (χ0v) is 8.83. The fourth-order valence-electron chi connectivity index (χ4n) is 1.96. The summed E-state index contributed by atoms with van der Waals surface area (Å²) in [5.74, 6) is 1.40. The molecule has 1 aliphatic rings. The Kier molecular flexibility index (Phi) is 2.62. The third-order valence-corrected chi connectivity index (χ3v) is 2.74. The predicted molar refractivity (Wildman–Crippen MR) is 57.2 cm³/mol. The van der Waals surface area contributed by atoms with Gasteiger partial charge >= 0.3 is 0 Å². The molecule has 1 unspecified atom stereocenters. The smallest absolute Gasteiger partial charge is 0.125 e. The second-order valence-electron chi connectivity index (χ2n) is 3.95. The second-order valence-corrected chi connectivity index (χ2v) is 3.95. The summed E-state index contributed by atoms with van der Waals surface area (Å²) >= 11 is 0. The van der Waals surface area contributed by atoms with E-state index in [-0.39, 0.29) is 0 Å². The molecule has 0 amide bonds. The van der Waals surface area contributed by atoms with Gasteiger partial charge in [-0.2, -0.15) is 0 Å². The van der Waals surface area contributed by atoms with Gasteiger partial charge in [-0.15, -0.1) is 0 Å². The van der Waals surface area contributed by atoms with Crippen LogP contribution in [-0.2, 0) is 0 Å². The molecule has 0 aromatic carbocycles. The molecule has 1 atom stereocenters. The van der Waals surface area contributed by atoms with Gasteiger partial charge in [0.1, 0.15) is 5.82 Å². The highest BCUT2D eigenvalue weighted by molar-refractivity contribution is 5.24. The van der Waals surface area contributed by atoms with Crippen molar-refractivity contribution in [2.45, 2.75) is 39.0 Å². The molecule has 0 aliphatic heterocycles. The lowest BCUT2D eigenvalue weighted by molar-refractivity contribution is 0.634. The van der Waals surface area contributed by atoms with E-state index in [1.165, 1.54) is 30.5 Å². The summed E-state index contributed by atoms with van der Waals surface area (Å²) in [5, 5.41) is 0. The molecule has 2 heteroatoms. The van der Waals surface area contributed by atoms with E-state index in [9.17, 15) is 0 Å². The third-order valence-electron chi connectivity index (χ3n) is 2.74. The van der Waals surface area contributed by atoms with Gasteiger partial charge in [-0.1, -0.05) is 12.2 Å². The van der Waals surface area contributed by atoms with Crippen LogP contribution in [0, 0.1) is 13.8 Å². The molecule has 0 saturated heterocycles. The lowest BCUT2D eigenvalue weighted by Gasteiger charge is -2.17. The largest absolute Gasteiger partial charge is 0.241 e. The molecule has 1 heterocycles. The maximum atomic E-state index is 4.53. The lowest BCUT2D eigenvalue weighted by atomic mass is 9.91. The van der Waals surface area contributed by atoms with E-state index < -0.39 is 0 Å². The summed E-state index contributed by atoms with van der Waals surface area (Å²) in [5.41, 5.74) is 2.43. The van der Waals surface area contributed by atoms with Crippen molar-refractivity contribution in [1.82, 2.24) is 9.97 Å². The van der Waals surface area contributed by atoms with E-state index in [1.54, 1.807) is 0 Å². The van der Waals surface area contributed by atoms with Crippen molar-refractivity contribution in [2.24, 2.45) is 0 Å². The summed E-state index contributed by atoms with van der Waals surface area (Å²) in [7, 11) is 0. The first-order chi connectivity index (χ1) is 6.77.